The Labute approximate surface area is 82.1 Å². The van der Waals surface area contributed by atoms with Crippen LogP contribution in [0.25, 0.3) is 0 Å². The summed E-state index contributed by atoms with van der Waals surface area (Å²) in [5, 5.41) is 0. The first-order valence-corrected chi connectivity index (χ1v) is 5.33. The fraction of sp³-hybridized carbons (Fsp3) is 0.455. The second-order valence-corrected chi connectivity index (χ2v) is 4.77. The molecule has 2 unspecified atom stereocenters. The number of rotatable bonds is 0. The molecule has 1 aliphatic rings. The number of alkyl halides is 1. The van der Waals surface area contributed by atoms with Crippen molar-refractivity contribution in [2.75, 3.05) is 0 Å². The van der Waals surface area contributed by atoms with Crippen LogP contribution in [0.1, 0.15) is 28.4 Å². The van der Waals surface area contributed by atoms with Crippen LogP contribution >= 0.6 is 15.9 Å². The van der Waals surface area contributed by atoms with Crippen molar-refractivity contribution in [3.05, 3.63) is 34.9 Å². The second-order valence-electron chi connectivity index (χ2n) is 3.79. The van der Waals surface area contributed by atoms with E-state index in [1.807, 2.05) is 0 Å². The van der Waals surface area contributed by atoms with Crippen LogP contribution in [0.4, 0.5) is 0 Å². The minimum atomic E-state index is 0.576. The lowest BCUT2D eigenvalue weighted by Gasteiger charge is -2.07. The number of aryl methyl sites for hydroxylation is 1. The molecule has 0 saturated carbocycles. The average molecular weight is 225 g/mol. The van der Waals surface area contributed by atoms with Gasteiger partial charge in [0.15, 0.2) is 0 Å². The van der Waals surface area contributed by atoms with E-state index in [1.165, 1.54) is 23.1 Å². The highest BCUT2D eigenvalue weighted by molar-refractivity contribution is 9.09. The Kier molecular flexibility index (Phi) is 1.99. The highest BCUT2D eigenvalue weighted by atomic mass is 79.9. The third kappa shape index (κ3) is 1.20. The van der Waals surface area contributed by atoms with Gasteiger partial charge < -0.3 is 0 Å². The van der Waals surface area contributed by atoms with Gasteiger partial charge >= 0.3 is 0 Å². The summed E-state index contributed by atoms with van der Waals surface area (Å²) in [6.45, 7) is 4.46. The Morgan fingerprint density at radius 1 is 1.42 bits per heavy atom. The summed E-state index contributed by atoms with van der Waals surface area (Å²) < 4.78 is 0. The van der Waals surface area contributed by atoms with E-state index in [0.717, 1.165) is 5.92 Å². The molecule has 0 radical (unpaired) electrons. The van der Waals surface area contributed by atoms with Crippen LogP contribution in [-0.2, 0) is 6.42 Å². The van der Waals surface area contributed by atoms with Gasteiger partial charge in [0.1, 0.15) is 0 Å². The van der Waals surface area contributed by atoms with Crippen molar-refractivity contribution in [2.45, 2.75) is 25.1 Å². The van der Waals surface area contributed by atoms with Crippen molar-refractivity contribution in [1.29, 1.82) is 0 Å². The van der Waals surface area contributed by atoms with Crippen molar-refractivity contribution < 1.29 is 0 Å². The van der Waals surface area contributed by atoms with Gasteiger partial charge in [-0.05, 0) is 30.4 Å². The first-order chi connectivity index (χ1) is 5.68. The predicted molar refractivity (Wildman–Crippen MR) is 55.7 cm³/mol. The summed E-state index contributed by atoms with van der Waals surface area (Å²) in [5.74, 6) is 0.752. The van der Waals surface area contributed by atoms with Crippen LogP contribution in [0.15, 0.2) is 18.2 Å². The Bertz CT molecular complexity index is 304. The van der Waals surface area contributed by atoms with E-state index in [1.54, 1.807) is 0 Å². The largest absolute Gasteiger partial charge is 0.0836 e. The molecule has 1 aliphatic carbocycles. The number of hydrogen-bond donors (Lipinski definition) is 0. The third-order valence-corrected chi connectivity index (χ3v) is 4.04. The Hall–Kier alpha value is -0.300. The summed E-state index contributed by atoms with van der Waals surface area (Å²) >= 11 is 3.74. The topological polar surface area (TPSA) is 0 Å². The van der Waals surface area contributed by atoms with E-state index in [-0.39, 0.29) is 0 Å². The van der Waals surface area contributed by atoms with Crippen molar-refractivity contribution in [3.63, 3.8) is 0 Å². The van der Waals surface area contributed by atoms with Gasteiger partial charge in [-0.3, -0.25) is 0 Å². The molecule has 1 aromatic rings. The Morgan fingerprint density at radius 2 is 2.17 bits per heavy atom. The molecular formula is C11H13Br. The molecule has 1 heteroatoms. The van der Waals surface area contributed by atoms with Crippen LogP contribution in [0.3, 0.4) is 0 Å². The molecule has 12 heavy (non-hydrogen) atoms. The molecule has 0 aromatic heterocycles. The molecule has 0 N–H and O–H groups in total. The molecule has 2 atom stereocenters. The summed E-state index contributed by atoms with van der Waals surface area (Å²) in [6.07, 6.45) is 1.23. The predicted octanol–water partition coefficient (Wildman–Crippen LogP) is 3.62. The van der Waals surface area contributed by atoms with Crippen molar-refractivity contribution in [3.8, 4) is 0 Å². The third-order valence-electron chi connectivity index (χ3n) is 2.64. The number of hydrogen-bond acceptors (Lipinski definition) is 0. The molecule has 0 saturated heterocycles. The molecule has 2 rings (SSSR count). The van der Waals surface area contributed by atoms with Crippen molar-refractivity contribution in [2.24, 2.45) is 5.92 Å². The molecule has 64 valence electrons. The molecule has 0 fully saturated rings. The van der Waals surface area contributed by atoms with Gasteiger partial charge in [0, 0.05) is 4.83 Å². The van der Waals surface area contributed by atoms with Crippen LogP contribution in [0.2, 0.25) is 0 Å². The molecular weight excluding hydrogens is 212 g/mol. The fourth-order valence-electron chi connectivity index (χ4n) is 1.91. The zero-order valence-corrected chi connectivity index (χ0v) is 9.06. The van der Waals surface area contributed by atoms with E-state index in [0.29, 0.717) is 4.83 Å². The van der Waals surface area contributed by atoms with Gasteiger partial charge in [0.2, 0.25) is 0 Å². The summed E-state index contributed by atoms with van der Waals surface area (Å²) in [5.41, 5.74) is 4.39. The maximum Gasteiger partial charge on any atom is 0.0426 e. The van der Waals surface area contributed by atoms with E-state index >= 15 is 0 Å². The van der Waals surface area contributed by atoms with E-state index in [9.17, 15) is 0 Å². The number of benzene rings is 1. The highest BCUT2D eigenvalue weighted by Gasteiger charge is 2.26. The SMILES string of the molecule is Cc1ccc2c(c1)C(Br)C(C)C2. The molecule has 1 aromatic carbocycles. The van der Waals surface area contributed by atoms with Crippen molar-refractivity contribution in [1.82, 2.24) is 0 Å². The van der Waals surface area contributed by atoms with Crippen LogP contribution in [0.5, 0.6) is 0 Å². The zero-order chi connectivity index (χ0) is 8.72. The van der Waals surface area contributed by atoms with Crippen molar-refractivity contribution >= 4 is 15.9 Å². The molecule has 0 heterocycles. The maximum absolute atomic E-state index is 3.74. The van der Waals surface area contributed by atoms with Gasteiger partial charge in [0.25, 0.3) is 0 Å². The first-order valence-electron chi connectivity index (χ1n) is 4.42. The van der Waals surface area contributed by atoms with E-state index in [4.69, 9.17) is 0 Å². The molecule has 0 spiro atoms. The number of halogens is 1. The molecule has 0 aliphatic heterocycles. The monoisotopic (exact) mass is 224 g/mol. The Morgan fingerprint density at radius 3 is 2.92 bits per heavy atom. The zero-order valence-electron chi connectivity index (χ0n) is 7.47. The lowest BCUT2D eigenvalue weighted by molar-refractivity contribution is 0.623. The van der Waals surface area contributed by atoms with E-state index < -0.39 is 0 Å². The summed E-state index contributed by atoms with van der Waals surface area (Å²) in [6, 6.07) is 6.78. The molecule has 0 amide bonds. The molecule has 0 nitrogen and oxygen atoms in total. The van der Waals surface area contributed by atoms with E-state index in [2.05, 4.69) is 48.0 Å². The smallest absolute Gasteiger partial charge is 0.0426 e. The first kappa shape index (κ1) is 8.31. The van der Waals surface area contributed by atoms with Gasteiger partial charge in [-0.25, -0.2) is 0 Å². The maximum atomic E-state index is 3.74. The quantitative estimate of drug-likeness (QED) is 0.591. The lowest BCUT2D eigenvalue weighted by atomic mass is 10.1. The minimum absolute atomic E-state index is 0.576. The van der Waals surface area contributed by atoms with Gasteiger partial charge in [-0.15, -0.1) is 0 Å². The standard InChI is InChI=1S/C11H13Br/c1-7-3-4-9-6-8(2)11(12)10(9)5-7/h3-5,8,11H,6H2,1-2H3. The average Bonchev–Trinajstić information content (AvgIpc) is 2.31. The second kappa shape index (κ2) is 2.88. The summed E-state index contributed by atoms with van der Waals surface area (Å²) in [4.78, 5) is 0.576. The molecule has 0 bridgehead atoms. The van der Waals surface area contributed by atoms with Gasteiger partial charge in [-0.2, -0.15) is 0 Å². The summed E-state index contributed by atoms with van der Waals surface area (Å²) in [7, 11) is 0. The highest BCUT2D eigenvalue weighted by Crippen LogP contribution is 2.41. The number of fused-ring (bicyclic) bond motifs is 1. The van der Waals surface area contributed by atoms with Crippen LogP contribution < -0.4 is 0 Å². The minimum Gasteiger partial charge on any atom is -0.0836 e. The van der Waals surface area contributed by atoms with Crippen LogP contribution in [-0.4, -0.2) is 0 Å². The fourth-order valence-corrected chi connectivity index (χ4v) is 2.53. The van der Waals surface area contributed by atoms with Gasteiger partial charge in [0.05, 0.1) is 0 Å². The normalized spacial score (nSPS) is 27.2. The van der Waals surface area contributed by atoms with Gasteiger partial charge in [-0.1, -0.05) is 46.6 Å². The van der Waals surface area contributed by atoms with Crippen LogP contribution in [0, 0.1) is 12.8 Å². The Balaban J connectivity index is 2.48. The lowest BCUT2D eigenvalue weighted by Crippen LogP contribution is -1.94.